The SMILES string of the molecule is O=C(Nc1ccc(Cl)c(C(F)(F)F)c1)C1CSC2c3ccccc3C(=O)N12. The molecule has 2 aromatic carbocycles. The van der Waals surface area contributed by atoms with Crippen molar-refractivity contribution >= 4 is 40.9 Å². The van der Waals surface area contributed by atoms with Crippen LogP contribution in [0.1, 0.15) is 26.9 Å². The molecule has 140 valence electrons. The highest BCUT2D eigenvalue weighted by Gasteiger charge is 2.48. The first-order valence-corrected chi connectivity index (χ1v) is 9.41. The van der Waals surface area contributed by atoms with E-state index < -0.39 is 28.7 Å². The van der Waals surface area contributed by atoms with Gasteiger partial charge in [0, 0.05) is 17.0 Å². The van der Waals surface area contributed by atoms with Crippen LogP contribution in [0.4, 0.5) is 18.9 Å². The zero-order chi connectivity index (χ0) is 19.3. The predicted octanol–water partition coefficient (Wildman–Crippen LogP) is 4.57. The molecule has 4 rings (SSSR count). The Morgan fingerprint density at radius 1 is 1.22 bits per heavy atom. The van der Waals surface area contributed by atoms with Crippen LogP contribution >= 0.6 is 23.4 Å². The molecule has 2 heterocycles. The molecule has 4 nitrogen and oxygen atoms in total. The third-order valence-electron chi connectivity index (χ3n) is 4.53. The number of nitrogens with one attached hydrogen (secondary N) is 1. The number of alkyl halides is 3. The van der Waals surface area contributed by atoms with Gasteiger partial charge in [-0.2, -0.15) is 13.2 Å². The van der Waals surface area contributed by atoms with Gasteiger partial charge in [-0.1, -0.05) is 29.8 Å². The van der Waals surface area contributed by atoms with E-state index in [-0.39, 0.29) is 17.0 Å². The van der Waals surface area contributed by atoms with Crippen LogP contribution in [0.3, 0.4) is 0 Å². The van der Waals surface area contributed by atoms with Gasteiger partial charge in [0.25, 0.3) is 5.91 Å². The van der Waals surface area contributed by atoms with Crippen LogP contribution in [0.5, 0.6) is 0 Å². The number of amides is 2. The van der Waals surface area contributed by atoms with E-state index >= 15 is 0 Å². The molecule has 2 aliphatic heterocycles. The van der Waals surface area contributed by atoms with E-state index in [0.29, 0.717) is 11.3 Å². The molecule has 2 atom stereocenters. The number of halogens is 4. The molecule has 0 aromatic heterocycles. The second kappa shape index (κ2) is 6.45. The topological polar surface area (TPSA) is 49.4 Å². The van der Waals surface area contributed by atoms with Crippen LogP contribution in [0.15, 0.2) is 42.5 Å². The Bertz CT molecular complexity index is 950. The zero-order valence-corrected chi connectivity index (χ0v) is 15.2. The lowest BCUT2D eigenvalue weighted by Crippen LogP contribution is -2.42. The monoisotopic (exact) mass is 412 g/mol. The molecule has 1 saturated heterocycles. The van der Waals surface area contributed by atoms with E-state index in [2.05, 4.69) is 5.32 Å². The Balaban J connectivity index is 1.56. The van der Waals surface area contributed by atoms with Crippen LogP contribution < -0.4 is 5.32 Å². The normalized spacial score (nSPS) is 21.2. The Labute approximate surface area is 161 Å². The van der Waals surface area contributed by atoms with Crippen LogP contribution in [0.2, 0.25) is 5.02 Å². The van der Waals surface area contributed by atoms with E-state index in [1.54, 1.807) is 12.1 Å². The summed E-state index contributed by atoms with van der Waals surface area (Å²) < 4.78 is 39.0. The Morgan fingerprint density at radius 2 is 1.96 bits per heavy atom. The summed E-state index contributed by atoms with van der Waals surface area (Å²) in [5, 5.41) is 1.79. The molecule has 1 N–H and O–H groups in total. The molecule has 2 aliphatic rings. The average Bonchev–Trinajstić information content (AvgIpc) is 3.17. The van der Waals surface area contributed by atoms with Gasteiger partial charge in [0.2, 0.25) is 5.91 Å². The van der Waals surface area contributed by atoms with Crippen molar-refractivity contribution in [1.29, 1.82) is 0 Å². The first-order chi connectivity index (χ1) is 12.8. The molecule has 27 heavy (non-hydrogen) atoms. The van der Waals surface area contributed by atoms with Gasteiger partial charge in [0.15, 0.2) is 0 Å². The summed E-state index contributed by atoms with van der Waals surface area (Å²) in [6.07, 6.45) is -4.63. The van der Waals surface area contributed by atoms with Crippen LogP contribution in [0, 0.1) is 0 Å². The van der Waals surface area contributed by atoms with E-state index in [1.165, 1.54) is 22.7 Å². The van der Waals surface area contributed by atoms with Crippen molar-refractivity contribution < 1.29 is 22.8 Å². The molecule has 0 spiro atoms. The standard InChI is InChI=1S/C18H12ClF3N2O2S/c19-13-6-5-9(7-12(13)18(20,21)22)23-15(25)14-8-27-17-11-4-2-1-3-10(11)16(26)24(14)17/h1-7,14,17H,8H2,(H,23,25). The van der Waals surface area contributed by atoms with Gasteiger partial charge in [0.1, 0.15) is 11.4 Å². The maximum absolute atomic E-state index is 13.0. The maximum Gasteiger partial charge on any atom is 0.417 e. The van der Waals surface area contributed by atoms with Crippen molar-refractivity contribution in [3.05, 3.63) is 64.2 Å². The zero-order valence-electron chi connectivity index (χ0n) is 13.6. The second-order valence-corrected chi connectivity index (χ2v) is 7.70. The van der Waals surface area contributed by atoms with Gasteiger partial charge in [-0.25, -0.2) is 0 Å². The smallest absolute Gasteiger partial charge is 0.324 e. The Kier molecular flexibility index (Phi) is 4.35. The number of carbonyl (C=O) groups is 2. The minimum Gasteiger partial charge on any atom is -0.324 e. The number of fused-ring (bicyclic) bond motifs is 3. The minimum absolute atomic E-state index is 0.0191. The van der Waals surface area contributed by atoms with E-state index in [0.717, 1.165) is 17.7 Å². The first kappa shape index (κ1) is 18.2. The van der Waals surface area contributed by atoms with Gasteiger partial charge in [-0.15, -0.1) is 11.8 Å². The Hall–Kier alpha value is -2.19. The highest BCUT2D eigenvalue weighted by molar-refractivity contribution is 7.99. The number of hydrogen-bond acceptors (Lipinski definition) is 3. The van der Waals surface area contributed by atoms with Crippen molar-refractivity contribution in [3.8, 4) is 0 Å². The largest absolute Gasteiger partial charge is 0.417 e. The molecule has 0 saturated carbocycles. The quantitative estimate of drug-likeness (QED) is 0.786. The van der Waals surface area contributed by atoms with Crippen molar-refractivity contribution in [3.63, 3.8) is 0 Å². The van der Waals surface area contributed by atoms with Crippen LogP contribution in [-0.2, 0) is 11.0 Å². The third kappa shape index (κ3) is 3.06. The van der Waals surface area contributed by atoms with Crippen molar-refractivity contribution in [2.45, 2.75) is 17.6 Å². The van der Waals surface area contributed by atoms with Crippen LogP contribution in [0.25, 0.3) is 0 Å². The lowest BCUT2D eigenvalue weighted by atomic mass is 10.1. The van der Waals surface area contributed by atoms with E-state index in [9.17, 15) is 22.8 Å². The minimum atomic E-state index is -4.63. The highest BCUT2D eigenvalue weighted by atomic mass is 35.5. The van der Waals surface area contributed by atoms with Crippen LogP contribution in [-0.4, -0.2) is 28.5 Å². The third-order valence-corrected chi connectivity index (χ3v) is 6.17. The molecule has 0 aliphatic carbocycles. The number of nitrogens with zero attached hydrogens (tertiary/aromatic N) is 1. The molecule has 0 bridgehead atoms. The number of carbonyl (C=O) groups excluding carboxylic acids is 2. The van der Waals surface area contributed by atoms with Gasteiger partial charge in [0.05, 0.1) is 10.6 Å². The molecular weight excluding hydrogens is 401 g/mol. The van der Waals surface area contributed by atoms with E-state index in [4.69, 9.17) is 11.6 Å². The van der Waals surface area contributed by atoms with Crippen molar-refractivity contribution in [2.75, 3.05) is 11.1 Å². The molecule has 2 amide bonds. The van der Waals surface area contributed by atoms with E-state index in [1.807, 2.05) is 12.1 Å². The van der Waals surface area contributed by atoms with Gasteiger partial charge in [-0.05, 0) is 29.8 Å². The second-order valence-electron chi connectivity index (χ2n) is 6.18. The summed E-state index contributed by atoms with van der Waals surface area (Å²) in [7, 11) is 0. The van der Waals surface area contributed by atoms with Gasteiger partial charge in [-0.3, -0.25) is 9.59 Å². The van der Waals surface area contributed by atoms with Gasteiger partial charge < -0.3 is 10.2 Å². The summed E-state index contributed by atoms with van der Waals surface area (Å²) in [6, 6.07) is 9.56. The van der Waals surface area contributed by atoms with Crippen molar-refractivity contribution in [2.24, 2.45) is 0 Å². The summed E-state index contributed by atoms with van der Waals surface area (Å²) in [5.74, 6) is -0.398. The molecule has 0 radical (unpaired) electrons. The number of anilines is 1. The number of benzene rings is 2. The molecule has 2 unspecified atom stereocenters. The fourth-order valence-electron chi connectivity index (χ4n) is 3.29. The number of thioether (sulfide) groups is 1. The summed E-state index contributed by atoms with van der Waals surface area (Å²) >= 11 is 7.06. The lowest BCUT2D eigenvalue weighted by Gasteiger charge is -2.22. The highest BCUT2D eigenvalue weighted by Crippen LogP contribution is 2.48. The number of hydrogen-bond donors (Lipinski definition) is 1. The maximum atomic E-state index is 13.0. The van der Waals surface area contributed by atoms with Gasteiger partial charge >= 0.3 is 6.18 Å². The summed E-state index contributed by atoms with van der Waals surface area (Å²) in [4.78, 5) is 26.8. The number of rotatable bonds is 2. The Morgan fingerprint density at radius 3 is 2.70 bits per heavy atom. The molecule has 1 fully saturated rings. The fraction of sp³-hybridized carbons (Fsp3) is 0.222. The molecule has 9 heteroatoms. The van der Waals surface area contributed by atoms with Crippen molar-refractivity contribution in [1.82, 2.24) is 4.90 Å². The predicted molar refractivity (Wildman–Crippen MR) is 96.7 cm³/mol. The average molecular weight is 413 g/mol. The molecular formula is C18H12ClF3N2O2S. The molecule has 2 aromatic rings. The summed E-state index contributed by atoms with van der Waals surface area (Å²) in [6.45, 7) is 0. The fourth-order valence-corrected chi connectivity index (χ4v) is 4.98. The summed E-state index contributed by atoms with van der Waals surface area (Å²) in [5.41, 5.74) is 0.367. The lowest BCUT2D eigenvalue weighted by molar-refractivity contribution is -0.137. The first-order valence-electron chi connectivity index (χ1n) is 7.98.